The first-order valence-corrected chi connectivity index (χ1v) is 9.90. The predicted molar refractivity (Wildman–Crippen MR) is 101 cm³/mol. The summed E-state index contributed by atoms with van der Waals surface area (Å²) in [6.45, 7) is 1.58. The van der Waals surface area contributed by atoms with E-state index in [0.29, 0.717) is 16.2 Å². The third-order valence-corrected chi connectivity index (χ3v) is 6.52. The third-order valence-electron chi connectivity index (χ3n) is 4.88. The van der Waals surface area contributed by atoms with Crippen LogP contribution in [0.3, 0.4) is 0 Å². The van der Waals surface area contributed by atoms with Gasteiger partial charge in [-0.15, -0.1) is 0 Å². The minimum absolute atomic E-state index is 0.0365. The van der Waals surface area contributed by atoms with Gasteiger partial charge in [0, 0.05) is 11.3 Å². The van der Waals surface area contributed by atoms with E-state index >= 15 is 0 Å². The van der Waals surface area contributed by atoms with Gasteiger partial charge in [0.15, 0.2) is 5.44 Å². The van der Waals surface area contributed by atoms with Crippen molar-refractivity contribution >= 4 is 10.8 Å². The topological polar surface area (TPSA) is 96.2 Å². The molecule has 6 atom stereocenters. The summed E-state index contributed by atoms with van der Waals surface area (Å²) in [4.78, 5) is 0.478. The first-order valence-electron chi connectivity index (χ1n) is 8.69. The van der Waals surface area contributed by atoms with Crippen LogP contribution in [0.15, 0.2) is 59.5 Å². The maximum absolute atomic E-state index is 13.1. The van der Waals surface area contributed by atoms with E-state index in [1.165, 1.54) is 0 Å². The highest BCUT2D eigenvalue weighted by Crippen LogP contribution is 2.36. The van der Waals surface area contributed by atoms with Crippen LogP contribution in [0.25, 0.3) is 0 Å². The summed E-state index contributed by atoms with van der Waals surface area (Å²) in [6, 6.07) is 15.6. The number of rotatable bonds is 5. The average molecular weight is 392 g/mol. The number of hydrogen-bond donors (Lipinski definition) is 3. The fraction of sp³-hybridized carbons (Fsp3) is 0.400. The van der Waals surface area contributed by atoms with Gasteiger partial charge in [0.2, 0.25) is 0 Å². The molecule has 0 radical (unpaired) electrons. The van der Waals surface area contributed by atoms with Crippen LogP contribution in [0.2, 0.25) is 0 Å². The summed E-state index contributed by atoms with van der Waals surface area (Å²) in [5.74, 6) is 0.657. The second kappa shape index (κ2) is 8.08. The Balaban J connectivity index is 1.96. The first-order chi connectivity index (χ1) is 12.9. The lowest BCUT2D eigenvalue weighted by atomic mass is 9.83. The molecule has 0 bridgehead atoms. The molecule has 0 aromatic heterocycles. The zero-order chi connectivity index (χ0) is 19.6. The lowest BCUT2D eigenvalue weighted by Gasteiger charge is -2.47. The molecule has 2 aromatic carbocycles. The van der Waals surface area contributed by atoms with Crippen molar-refractivity contribution in [3.8, 4) is 5.75 Å². The molecule has 2 aromatic rings. The molecule has 1 aliphatic rings. The molecule has 3 rings (SSSR count). The Morgan fingerprint density at radius 2 is 1.74 bits per heavy atom. The summed E-state index contributed by atoms with van der Waals surface area (Å²) < 4.78 is 24.0. The fourth-order valence-corrected chi connectivity index (χ4v) is 4.80. The Morgan fingerprint density at radius 1 is 1.11 bits per heavy atom. The Morgan fingerprint density at radius 3 is 2.33 bits per heavy atom. The maximum atomic E-state index is 13.1. The van der Waals surface area contributed by atoms with E-state index in [2.05, 4.69) is 0 Å². The van der Waals surface area contributed by atoms with E-state index in [1.54, 1.807) is 68.6 Å². The monoisotopic (exact) mass is 392 g/mol. The maximum Gasteiger partial charge on any atom is 0.169 e. The molecule has 3 N–H and O–H groups in total. The van der Waals surface area contributed by atoms with Gasteiger partial charge in [-0.05, 0) is 36.8 Å². The predicted octanol–water partition coefficient (Wildman–Crippen LogP) is 1.24. The van der Waals surface area contributed by atoms with Crippen LogP contribution < -0.4 is 4.74 Å². The molecular formula is C20H24O6S. The molecule has 1 aliphatic heterocycles. The van der Waals surface area contributed by atoms with Crippen molar-refractivity contribution in [1.29, 1.82) is 0 Å². The van der Waals surface area contributed by atoms with Crippen molar-refractivity contribution in [3.05, 3.63) is 60.2 Å². The molecule has 1 heterocycles. The molecule has 1 unspecified atom stereocenters. The molecule has 0 saturated carbocycles. The molecule has 0 amide bonds. The van der Waals surface area contributed by atoms with Gasteiger partial charge in [-0.2, -0.15) is 0 Å². The van der Waals surface area contributed by atoms with Crippen molar-refractivity contribution in [2.75, 3.05) is 7.11 Å². The van der Waals surface area contributed by atoms with E-state index in [4.69, 9.17) is 9.47 Å². The van der Waals surface area contributed by atoms with Gasteiger partial charge in [0.1, 0.15) is 23.6 Å². The summed E-state index contributed by atoms with van der Waals surface area (Å²) in [6.07, 6.45) is -3.61. The average Bonchev–Trinajstić information content (AvgIpc) is 2.70. The highest BCUT2D eigenvalue weighted by molar-refractivity contribution is 7.85. The number of benzene rings is 2. The Hall–Kier alpha value is -1.77. The first kappa shape index (κ1) is 20.0. The van der Waals surface area contributed by atoms with Crippen LogP contribution in [0.4, 0.5) is 0 Å². The Kier molecular flexibility index (Phi) is 5.98. The number of aliphatic hydroxyl groups excluding tert-OH is 2. The van der Waals surface area contributed by atoms with Gasteiger partial charge in [-0.3, -0.25) is 4.21 Å². The molecule has 27 heavy (non-hydrogen) atoms. The van der Waals surface area contributed by atoms with Gasteiger partial charge >= 0.3 is 0 Å². The third kappa shape index (κ3) is 3.93. The molecule has 146 valence electrons. The number of methoxy groups -OCH3 is 1. The minimum Gasteiger partial charge on any atom is -0.497 e. The van der Waals surface area contributed by atoms with E-state index in [9.17, 15) is 19.5 Å². The van der Waals surface area contributed by atoms with Crippen molar-refractivity contribution in [2.24, 2.45) is 0 Å². The summed E-state index contributed by atoms with van der Waals surface area (Å²) in [5, 5.41) is 32.3. The van der Waals surface area contributed by atoms with Crippen molar-refractivity contribution in [2.45, 2.75) is 47.6 Å². The lowest BCUT2D eigenvalue weighted by Crippen LogP contribution is -2.67. The molecular weight excluding hydrogens is 368 g/mol. The molecule has 7 heteroatoms. The molecule has 1 fully saturated rings. The van der Waals surface area contributed by atoms with Crippen LogP contribution in [0.5, 0.6) is 5.75 Å². The van der Waals surface area contributed by atoms with Crippen LogP contribution in [-0.2, 0) is 22.0 Å². The van der Waals surface area contributed by atoms with Gasteiger partial charge in [-0.1, -0.05) is 30.3 Å². The normalized spacial score (nSPS) is 32.0. The van der Waals surface area contributed by atoms with Crippen LogP contribution in [-0.4, -0.2) is 56.0 Å². The SMILES string of the molecule is COc1ccc(C[C@]2(O)[C@@H](S(=O)c3ccccc3)O[C@H](C)[C@H](O)[C@@H]2O)cc1. The van der Waals surface area contributed by atoms with Gasteiger partial charge in [0.05, 0.1) is 24.0 Å². The zero-order valence-corrected chi connectivity index (χ0v) is 16.0. The van der Waals surface area contributed by atoms with Gasteiger partial charge in [-0.25, -0.2) is 0 Å². The highest BCUT2D eigenvalue weighted by Gasteiger charge is 2.56. The van der Waals surface area contributed by atoms with E-state index < -0.39 is 40.1 Å². The quantitative estimate of drug-likeness (QED) is 0.709. The second-order valence-corrected chi connectivity index (χ2v) is 8.23. The Bertz CT molecular complexity index is 781. The molecule has 0 aliphatic carbocycles. The standard InChI is InChI=1S/C20H24O6S/c1-13-17(21)18(22)20(23,12-14-8-10-15(25-2)11-9-14)19(26-13)27(24)16-6-4-3-5-7-16/h3-11,13,17-19,21-23H,12H2,1-2H3/t13-,17+,18+,19-,20-,27?/m1/s1. The number of aliphatic hydroxyl groups is 3. The van der Waals surface area contributed by atoms with Crippen LogP contribution in [0, 0.1) is 0 Å². The number of hydrogen-bond acceptors (Lipinski definition) is 6. The fourth-order valence-electron chi connectivity index (χ4n) is 3.26. The molecule has 1 saturated heterocycles. The molecule has 0 spiro atoms. The largest absolute Gasteiger partial charge is 0.497 e. The smallest absolute Gasteiger partial charge is 0.169 e. The van der Waals surface area contributed by atoms with Gasteiger partial charge in [0.25, 0.3) is 0 Å². The van der Waals surface area contributed by atoms with E-state index in [0.717, 1.165) is 0 Å². The second-order valence-electron chi connectivity index (χ2n) is 6.74. The van der Waals surface area contributed by atoms with Crippen molar-refractivity contribution in [1.82, 2.24) is 0 Å². The van der Waals surface area contributed by atoms with Crippen molar-refractivity contribution in [3.63, 3.8) is 0 Å². The lowest BCUT2D eigenvalue weighted by molar-refractivity contribution is -0.242. The van der Waals surface area contributed by atoms with E-state index in [1.807, 2.05) is 0 Å². The summed E-state index contributed by atoms with van der Waals surface area (Å²) >= 11 is 0. The van der Waals surface area contributed by atoms with E-state index in [-0.39, 0.29) is 6.42 Å². The minimum atomic E-state index is -1.93. The zero-order valence-electron chi connectivity index (χ0n) is 15.2. The summed E-state index contributed by atoms with van der Waals surface area (Å²) in [7, 11) is -0.190. The summed E-state index contributed by atoms with van der Waals surface area (Å²) in [5.41, 5.74) is -2.44. The highest BCUT2D eigenvalue weighted by atomic mass is 32.2. The van der Waals surface area contributed by atoms with Gasteiger partial charge < -0.3 is 24.8 Å². The van der Waals surface area contributed by atoms with Crippen LogP contribution in [0.1, 0.15) is 12.5 Å². The molecule has 6 nitrogen and oxygen atoms in total. The Labute approximate surface area is 160 Å². The van der Waals surface area contributed by atoms with Crippen LogP contribution >= 0.6 is 0 Å². The van der Waals surface area contributed by atoms with Crippen molar-refractivity contribution < 1.29 is 29.0 Å². The number of ether oxygens (including phenoxy) is 2.